The zero-order valence-corrected chi connectivity index (χ0v) is 29.0. The second-order valence-electron chi connectivity index (χ2n) is 14.0. The predicted octanol–water partition coefficient (Wildman–Crippen LogP) is 5.03. The predicted molar refractivity (Wildman–Crippen MR) is 180 cm³/mol. The number of fused-ring (bicyclic) bond motifs is 2. The average Bonchev–Trinajstić information content (AvgIpc) is 3.63. The van der Waals surface area contributed by atoms with Crippen molar-refractivity contribution in [2.75, 3.05) is 19.7 Å². The van der Waals surface area contributed by atoms with Crippen molar-refractivity contribution in [1.29, 1.82) is 0 Å². The van der Waals surface area contributed by atoms with Gasteiger partial charge in [0.15, 0.2) is 17.7 Å². The second-order valence-corrected chi connectivity index (χ2v) is 14.0. The highest BCUT2D eigenvalue weighted by molar-refractivity contribution is 6.05. The Bertz CT molecular complexity index is 1970. The average molecular weight is 675 g/mol. The maximum Gasteiger partial charge on any atom is 0.337 e. The number of carbonyl (C=O) groups excluding carboxylic acids is 2. The van der Waals surface area contributed by atoms with Crippen LogP contribution in [0.1, 0.15) is 89.5 Å². The van der Waals surface area contributed by atoms with Gasteiger partial charge in [0.1, 0.15) is 17.0 Å². The van der Waals surface area contributed by atoms with Crippen LogP contribution in [0.5, 0.6) is 5.75 Å². The molecule has 13 heteroatoms. The van der Waals surface area contributed by atoms with E-state index in [-0.39, 0.29) is 23.6 Å². The van der Waals surface area contributed by atoms with Crippen LogP contribution in [0.15, 0.2) is 24.7 Å². The number of nitrogens with one attached hydrogen (secondary N) is 1. The maximum atomic E-state index is 15.7. The van der Waals surface area contributed by atoms with Crippen LogP contribution in [0.4, 0.5) is 4.39 Å². The summed E-state index contributed by atoms with van der Waals surface area (Å²) in [7, 11) is 3.51. The minimum Gasteiger partial charge on any atom is -0.490 e. The Kier molecular flexibility index (Phi) is 8.99. The van der Waals surface area contributed by atoms with Gasteiger partial charge in [-0.2, -0.15) is 0 Å². The van der Waals surface area contributed by atoms with Crippen LogP contribution < -0.4 is 10.1 Å². The summed E-state index contributed by atoms with van der Waals surface area (Å²) >= 11 is 0. The molecular formula is C36H43FN6O6. The second kappa shape index (κ2) is 12.9. The van der Waals surface area contributed by atoms with Gasteiger partial charge in [-0.3, -0.25) is 9.59 Å². The first kappa shape index (κ1) is 34.1. The number of hydrogen-bond acceptors (Lipinski definition) is 7. The topological polar surface area (TPSA) is 141 Å². The molecule has 6 rings (SSSR count). The third kappa shape index (κ3) is 6.39. The number of likely N-dealkylation sites (tertiary alicyclic amines) is 1. The Morgan fingerprint density at radius 3 is 2.47 bits per heavy atom. The number of ether oxygens (including phenoxy) is 2. The van der Waals surface area contributed by atoms with E-state index < -0.39 is 23.5 Å². The third-order valence-corrected chi connectivity index (χ3v) is 9.45. The normalized spacial score (nSPS) is 16.0. The summed E-state index contributed by atoms with van der Waals surface area (Å²) < 4.78 is 30.9. The molecule has 1 atom stereocenters. The van der Waals surface area contributed by atoms with E-state index in [0.29, 0.717) is 83.8 Å². The van der Waals surface area contributed by atoms with Gasteiger partial charge >= 0.3 is 5.97 Å². The number of carbonyl (C=O) groups is 3. The van der Waals surface area contributed by atoms with Crippen molar-refractivity contribution >= 4 is 28.8 Å². The lowest BCUT2D eigenvalue weighted by molar-refractivity contribution is -0.160. The number of imidazole rings is 1. The number of halogens is 1. The van der Waals surface area contributed by atoms with Crippen molar-refractivity contribution in [2.24, 2.45) is 14.1 Å². The van der Waals surface area contributed by atoms with Crippen LogP contribution in [0.25, 0.3) is 22.2 Å². The Hall–Kier alpha value is -4.78. The summed E-state index contributed by atoms with van der Waals surface area (Å²) in [6.07, 6.45) is 4.17. The number of hydrogen-bond donors (Lipinski definition) is 2. The molecule has 2 amide bonds. The van der Waals surface area contributed by atoms with E-state index in [1.807, 2.05) is 6.92 Å². The molecule has 4 aromatic rings. The Balaban J connectivity index is 1.42. The van der Waals surface area contributed by atoms with Gasteiger partial charge in [-0.25, -0.2) is 19.2 Å². The number of carboxylic acids is 1. The van der Waals surface area contributed by atoms with Crippen LogP contribution >= 0.6 is 0 Å². The van der Waals surface area contributed by atoms with Gasteiger partial charge in [0.25, 0.3) is 11.8 Å². The van der Waals surface area contributed by atoms with Crippen molar-refractivity contribution in [3.05, 3.63) is 64.2 Å². The monoisotopic (exact) mass is 674 g/mol. The number of piperidine rings is 1. The molecule has 260 valence electrons. The van der Waals surface area contributed by atoms with Crippen LogP contribution in [0.2, 0.25) is 0 Å². The molecule has 3 aromatic heterocycles. The maximum absolute atomic E-state index is 15.7. The van der Waals surface area contributed by atoms with E-state index in [4.69, 9.17) is 14.5 Å². The number of aromatic nitrogens is 4. The van der Waals surface area contributed by atoms with Gasteiger partial charge in [-0.1, -0.05) is 0 Å². The molecule has 1 saturated heterocycles. The van der Waals surface area contributed by atoms with Crippen LogP contribution in [-0.4, -0.2) is 78.2 Å². The summed E-state index contributed by atoms with van der Waals surface area (Å²) in [4.78, 5) is 50.3. The van der Waals surface area contributed by atoms with Crippen molar-refractivity contribution in [1.82, 2.24) is 29.3 Å². The molecule has 0 aliphatic carbocycles. The third-order valence-electron chi connectivity index (χ3n) is 9.45. The molecule has 0 bridgehead atoms. The number of carboxylic acid groups (broad SMARTS) is 1. The highest BCUT2D eigenvalue weighted by Crippen LogP contribution is 2.45. The number of aliphatic carboxylic acids is 1. The number of amides is 2. The molecule has 0 unspecified atom stereocenters. The van der Waals surface area contributed by atoms with Crippen molar-refractivity contribution in [3.63, 3.8) is 0 Å². The van der Waals surface area contributed by atoms with Gasteiger partial charge in [-0.15, -0.1) is 0 Å². The van der Waals surface area contributed by atoms with Gasteiger partial charge in [0, 0.05) is 61.0 Å². The lowest BCUT2D eigenvalue weighted by atomic mass is 9.86. The molecule has 12 nitrogen and oxygen atoms in total. The van der Waals surface area contributed by atoms with Gasteiger partial charge in [0.2, 0.25) is 0 Å². The quantitative estimate of drug-likeness (QED) is 0.278. The van der Waals surface area contributed by atoms with Crippen molar-refractivity contribution in [2.45, 2.75) is 78.0 Å². The molecule has 5 heterocycles. The smallest absolute Gasteiger partial charge is 0.337 e. The first-order valence-electron chi connectivity index (χ1n) is 16.6. The molecular weight excluding hydrogens is 631 g/mol. The SMILES string of the molecule is Cc1nc2c(cc(C(=O)N3CCC(NC(=O)c4cncn4C)CC3)n2C)c(-c2cc(F)c3c(c2C)CCCO3)c1[C@H](OC(C)(C)C)C(=O)O. The summed E-state index contributed by atoms with van der Waals surface area (Å²) in [5, 5.41) is 14.1. The number of pyridine rings is 1. The molecule has 2 aliphatic heterocycles. The zero-order chi connectivity index (χ0) is 35.4. The fraction of sp³-hybridized carbons (Fsp3) is 0.472. The van der Waals surface area contributed by atoms with Crippen LogP contribution in [-0.2, 0) is 30.0 Å². The van der Waals surface area contributed by atoms with E-state index in [1.165, 1.54) is 12.3 Å². The Morgan fingerprint density at radius 1 is 1.12 bits per heavy atom. The van der Waals surface area contributed by atoms with Crippen molar-refractivity contribution < 1.29 is 33.4 Å². The Morgan fingerprint density at radius 2 is 1.84 bits per heavy atom. The number of rotatable bonds is 7. The standard InChI is InChI=1S/C36H43FN6O6/c1-19-22-9-8-14-48-30(22)25(37)15-23(19)29-24-16-26(42(7)32(24)39-20(2)28(29)31(35(46)47)49-36(3,4)5)34(45)43-12-10-21(11-13-43)40-33(44)27-17-38-18-41(27)6/h15-18,21,31H,8-14H2,1-7H3,(H,40,44)(H,46,47)/t31-/m0/s1. The highest BCUT2D eigenvalue weighted by atomic mass is 19.1. The summed E-state index contributed by atoms with van der Waals surface area (Å²) in [5.74, 6) is -1.94. The van der Waals surface area contributed by atoms with E-state index >= 15 is 4.39 Å². The summed E-state index contributed by atoms with van der Waals surface area (Å²) in [6, 6.07) is 3.02. The first-order chi connectivity index (χ1) is 23.2. The first-order valence-corrected chi connectivity index (χ1v) is 16.6. The number of nitrogens with zero attached hydrogens (tertiary/aromatic N) is 5. The minimum atomic E-state index is -1.42. The molecule has 2 N–H and O–H groups in total. The molecule has 0 saturated carbocycles. The fourth-order valence-electron chi connectivity index (χ4n) is 7.00. The van der Waals surface area contributed by atoms with Gasteiger partial charge in [0.05, 0.1) is 24.7 Å². The lowest BCUT2D eigenvalue weighted by Crippen LogP contribution is -2.47. The summed E-state index contributed by atoms with van der Waals surface area (Å²) in [5.41, 5.74) is 3.66. The molecule has 1 aromatic carbocycles. The fourth-order valence-corrected chi connectivity index (χ4v) is 7.00. The van der Waals surface area contributed by atoms with Crippen molar-refractivity contribution in [3.8, 4) is 16.9 Å². The zero-order valence-electron chi connectivity index (χ0n) is 29.0. The number of aryl methyl sites for hydroxylation is 3. The van der Waals surface area contributed by atoms with Gasteiger partial charge in [-0.05, 0) is 83.6 Å². The largest absolute Gasteiger partial charge is 0.490 e. The molecule has 2 aliphatic rings. The molecule has 0 spiro atoms. The van der Waals surface area contributed by atoms with E-state index in [2.05, 4.69) is 10.3 Å². The lowest BCUT2D eigenvalue weighted by Gasteiger charge is -2.32. The Labute approximate surface area is 284 Å². The van der Waals surface area contributed by atoms with Gasteiger partial charge < -0.3 is 33.9 Å². The van der Waals surface area contributed by atoms with Crippen LogP contribution in [0, 0.1) is 19.7 Å². The highest BCUT2D eigenvalue weighted by Gasteiger charge is 2.35. The van der Waals surface area contributed by atoms with E-state index in [0.717, 1.165) is 17.5 Å². The number of benzene rings is 1. The molecule has 1 fully saturated rings. The molecule has 0 radical (unpaired) electrons. The van der Waals surface area contributed by atoms with E-state index in [1.54, 1.807) is 68.2 Å². The minimum absolute atomic E-state index is 0.0981. The van der Waals surface area contributed by atoms with E-state index in [9.17, 15) is 19.5 Å². The molecule has 49 heavy (non-hydrogen) atoms. The van der Waals surface area contributed by atoms with Crippen LogP contribution in [0.3, 0.4) is 0 Å². The summed E-state index contributed by atoms with van der Waals surface area (Å²) in [6.45, 7) is 10.2.